The Bertz CT molecular complexity index is 501. The number of carboxylic acids is 1. The number of benzene rings is 1. The van der Waals surface area contributed by atoms with Gasteiger partial charge in [-0.3, -0.25) is 4.79 Å². The molecule has 0 bridgehead atoms. The first-order chi connectivity index (χ1) is 8.28. The maximum absolute atomic E-state index is 10.7. The molecule has 98 valence electrons. The van der Waals surface area contributed by atoms with Crippen molar-refractivity contribution in [3.05, 3.63) is 22.2 Å². The zero-order chi connectivity index (χ0) is 13.5. The number of carbonyl (C=O) groups is 1. The van der Waals surface area contributed by atoms with Crippen LogP contribution in [0.3, 0.4) is 0 Å². The second kappa shape index (κ2) is 4.44. The summed E-state index contributed by atoms with van der Waals surface area (Å²) in [6.07, 6.45) is -0.137. The molecule has 3 N–H and O–H groups in total. The van der Waals surface area contributed by atoms with E-state index in [0.29, 0.717) is 17.1 Å². The first kappa shape index (κ1) is 13.2. The van der Waals surface area contributed by atoms with E-state index in [9.17, 15) is 4.79 Å². The largest absolute Gasteiger partial charge is 0.481 e. The maximum atomic E-state index is 10.7. The van der Waals surface area contributed by atoms with Crippen LogP contribution in [0.15, 0.2) is 16.6 Å². The van der Waals surface area contributed by atoms with E-state index in [2.05, 4.69) is 15.9 Å². The molecule has 2 rings (SSSR count). The van der Waals surface area contributed by atoms with Gasteiger partial charge >= 0.3 is 5.97 Å². The summed E-state index contributed by atoms with van der Waals surface area (Å²) in [5, 5.41) is 8.76. The highest BCUT2D eigenvalue weighted by Gasteiger charge is 2.33. The molecular weight excluding hydrogens is 302 g/mol. The third kappa shape index (κ3) is 2.59. The Morgan fingerprint density at radius 2 is 2.00 bits per heavy atom. The van der Waals surface area contributed by atoms with Crippen molar-refractivity contribution in [1.82, 2.24) is 0 Å². The van der Waals surface area contributed by atoms with Crippen LogP contribution in [0, 0.1) is 0 Å². The van der Waals surface area contributed by atoms with Crippen molar-refractivity contribution in [3.8, 4) is 11.5 Å². The summed E-state index contributed by atoms with van der Waals surface area (Å²) in [5.74, 6) is -0.443. The van der Waals surface area contributed by atoms with E-state index in [-0.39, 0.29) is 6.42 Å². The van der Waals surface area contributed by atoms with Gasteiger partial charge in [0.05, 0.1) is 6.42 Å². The summed E-state index contributed by atoms with van der Waals surface area (Å²) in [4.78, 5) is 10.7. The minimum atomic E-state index is -0.938. The number of carboxylic acid groups (broad SMARTS) is 1. The van der Waals surface area contributed by atoms with Crippen molar-refractivity contribution in [3.63, 3.8) is 0 Å². The standard InChI is InChI=1S/C12H14BrNO4/c1-12(2)17-9-3-6(8(14)5-11(15)16)7(13)4-10(9)18-12/h3-4,8H,5,14H2,1-2H3,(H,15,16). The van der Waals surface area contributed by atoms with Gasteiger partial charge in [-0.2, -0.15) is 0 Å². The Morgan fingerprint density at radius 1 is 1.44 bits per heavy atom. The number of nitrogens with two attached hydrogens (primary N) is 1. The number of aliphatic carboxylic acids is 1. The second-order valence-electron chi connectivity index (χ2n) is 4.63. The molecule has 1 atom stereocenters. The van der Waals surface area contributed by atoms with E-state index in [1.54, 1.807) is 26.0 Å². The van der Waals surface area contributed by atoms with E-state index < -0.39 is 17.8 Å². The van der Waals surface area contributed by atoms with Crippen LogP contribution in [-0.4, -0.2) is 16.9 Å². The Hall–Kier alpha value is -1.27. The van der Waals surface area contributed by atoms with Crippen LogP contribution in [0.1, 0.15) is 31.9 Å². The normalized spacial score (nSPS) is 17.6. The Morgan fingerprint density at radius 3 is 2.56 bits per heavy atom. The summed E-state index contributed by atoms with van der Waals surface area (Å²) < 4.78 is 11.9. The van der Waals surface area contributed by atoms with E-state index in [1.807, 2.05) is 0 Å². The van der Waals surface area contributed by atoms with Gasteiger partial charge in [-0.1, -0.05) is 15.9 Å². The topological polar surface area (TPSA) is 81.8 Å². The third-order valence-corrected chi connectivity index (χ3v) is 3.26. The van der Waals surface area contributed by atoms with Gasteiger partial charge < -0.3 is 20.3 Å². The molecule has 1 unspecified atom stereocenters. The Kier molecular flexibility index (Phi) is 3.25. The highest BCUT2D eigenvalue weighted by atomic mass is 79.9. The zero-order valence-corrected chi connectivity index (χ0v) is 11.7. The number of hydrogen-bond acceptors (Lipinski definition) is 4. The lowest BCUT2D eigenvalue weighted by molar-refractivity contribution is -0.137. The molecule has 5 nitrogen and oxygen atoms in total. The van der Waals surface area contributed by atoms with E-state index >= 15 is 0 Å². The molecule has 1 aliphatic rings. The summed E-state index contributed by atoms with van der Waals surface area (Å²) in [7, 11) is 0. The highest BCUT2D eigenvalue weighted by Crippen LogP contribution is 2.43. The number of halogens is 1. The van der Waals surface area contributed by atoms with Gasteiger partial charge in [-0.15, -0.1) is 0 Å². The number of fused-ring (bicyclic) bond motifs is 1. The van der Waals surface area contributed by atoms with Crippen LogP contribution in [0.25, 0.3) is 0 Å². The monoisotopic (exact) mass is 315 g/mol. The van der Waals surface area contributed by atoms with Gasteiger partial charge in [0.1, 0.15) is 0 Å². The van der Waals surface area contributed by atoms with Crippen molar-refractivity contribution >= 4 is 21.9 Å². The van der Waals surface area contributed by atoms with Crippen molar-refractivity contribution in [1.29, 1.82) is 0 Å². The van der Waals surface area contributed by atoms with Crippen LogP contribution < -0.4 is 15.2 Å². The molecule has 1 aromatic rings. The van der Waals surface area contributed by atoms with E-state index in [0.717, 1.165) is 4.47 Å². The second-order valence-corrected chi connectivity index (χ2v) is 5.48. The molecule has 1 aromatic carbocycles. The summed E-state index contributed by atoms with van der Waals surface area (Å²) in [6.45, 7) is 3.61. The highest BCUT2D eigenvalue weighted by molar-refractivity contribution is 9.10. The van der Waals surface area contributed by atoms with Crippen LogP contribution >= 0.6 is 15.9 Å². The molecule has 6 heteroatoms. The molecule has 0 saturated carbocycles. The first-order valence-corrected chi connectivity index (χ1v) is 6.26. The number of rotatable bonds is 3. The van der Waals surface area contributed by atoms with Crippen LogP contribution in [-0.2, 0) is 4.79 Å². The lowest BCUT2D eigenvalue weighted by Crippen LogP contribution is -2.29. The molecular formula is C12H14BrNO4. The van der Waals surface area contributed by atoms with Crippen molar-refractivity contribution < 1.29 is 19.4 Å². The van der Waals surface area contributed by atoms with E-state index in [1.165, 1.54) is 0 Å². The minimum absolute atomic E-state index is 0.137. The molecule has 0 aromatic heterocycles. The van der Waals surface area contributed by atoms with Crippen molar-refractivity contribution in [2.75, 3.05) is 0 Å². The van der Waals surface area contributed by atoms with Gasteiger partial charge in [0.2, 0.25) is 5.79 Å². The summed E-state index contributed by atoms with van der Waals surface area (Å²) in [5.41, 5.74) is 6.54. The molecule has 0 radical (unpaired) electrons. The maximum Gasteiger partial charge on any atom is 0.305 e. The van der Waals surface area contributed by atoms with Gasteiger partial charge in [0.25, 0.3) is 0 Å². The minimum Gasteiger partial charge on any atom is -0.481 e. The van der Waals surface area contributed by atoms with Crippen LogP contribution in [0.5, 0.6) is 11.5 Å². The predicted octanol–water partition coefficient (Wildman–Crippen LogP) is 2.43. The average molecular weight is 316 g/mol. The van der Waals surface area contributed by atoms with Gasteiger partial charge in [-0.25, -0.2) is 0 Å². The third-order valence-electron chi connectivity index (χ3n) is 2.57. The van der Waals surface area contributed by atoms with Crippen LogP contribution in [0.2, 0.25) is 0 Å². The smallest absolute Gasteiger partial charge is 0.305 e. The summed E-state index contributed by atoms with van der Waals surface area (Å²) >= 11 is 3.37. The molecule has 0 spiro atoms. The molecule has 18 heavy (non-hydrogen) atoms. The summed E-state index contributed by atoms with van der Waals surface area (Å²) in [6, 6.07) is 2.89. The Labute approximate surface area is 113 Å². The lowest BCUT2D eigenvalue weighted by atomic mass is 10.0. The predicted molar refractivity (Wildman–Crippen MR) is 68.7 cm³/mol. The molecule has 1 heterocycles. The fourth-order valence-corrected chi connectivity index (χ4v) is 2.46. The van der Waals surface area contributed by atoms with E-state index in [4.69, 9.17) is 20.3 Å². The average Bonchev–Trinajstić information content (AvgIpc) is 2.48. The van der Waals surface area contributed by atoms with Crippen molar-refractivity contribution in [2.24, 2.45) is 5.73 Å². The van der Waals surface area contributed by atoms with Crippen molar-refractivity contribution in [2.45, 2.75) is 32.1 Å². The molecule has 0 saturated heterocycles. The SMILES string of the molecule is CC1(C)Oc2cc(Br)c(C(N)CC(=O)O)cc2O1. The molecule has 0 amide bonds. The molecule has 0 aliphatic carbocycles. The van der Waals surface area contributed by atoms with Crippen LogP contribution in [0.4, 0.5) is 0 Å². The Balaban J connectivity index is 2.33. The number of hydrogen-bond donors (Lipinski definition) is 2. The lowest BCUT2D eigenvalue weighted by Gasteiger charge is -2.16. The fraction of sp³-hybridized carbons (Fsp3) is 0.417. The van der Waals surface area contributed by atoms with Gasteiger partial charge in [0.15, 0.2) is 11.5 Å². The number of ether oxygens (including phenoxy) is 2. The van der Waals surface area contributed by atoms with Gasteiger partial charge in [-0.05, 0) is 17.7 Å². The quantitative estimate of drug-likeness (QED) is 0.895. The molecule has 1 aliphatic heterocycles. The first-order valence-electron chi connectivity index (χ1n) is 5.47. The fourth-order valence-electron chi connectivity index (χ4n) is 1.84. The van der Waals surface area contributed by atoms with Gasteiger partial charge in [0, 0.05) is 24.4 Å². The molecule has 0 fully saturated rings. The zero-order valence-electron chi connectivity index (χ0n) is 10.1.